The molecule has 4 nitrogen and oxygen atoms in total. The van der Waals surface area contributed by atoms with Crippen molar-refractivity contribution in [3.05, 3.63) is 18.0 Å². The van der Waals surface area contributed by atoms with Gasteiger partial charge in [-0.3, -0.25) is 0 Å². The Kier molecular flexibility index (Phi) is 4.34. The van der Waals surface area contributed by atoms with Crippen LogP contribution in [0, 0.1) is 11.8 Å². The van der Waals surface area contributed by atoms with Crippen LogP contribution in [0.4, 0.5) is 0 Å². The Balaban J connectivity index is 2.01. The van der Waals surface area contributed by atoms with Gasteiger partial charge in [0.25, 0.3) is 0 Å². The molecule has 5 heteroatoms. The summed E-state index contributed by atoms with van der Waals surface area (Å²) in [5, 5.41) is 0. The lowest BCUT2D eigenvalue weighted by Crippen LogP contribution is -2.16. The molecule has 1 fully saturated rings. The summed E-state index contributed by atoms with van der Waals surface area (Å²) in [6, 6.07) is 3.84. The van der Waals surface area contributed by atoms with Crippen LogP contribution in [-0.4, -0.2) is 27.5 Å². The van der Waals surface area contributed by atoms with Gasteiger partial charge in [0.2, 0.25) is 5.88 Å². The largest absolute Gasteiger partial charge is 0.481 e. The van der Waals surface area contributed by atoms with Crippen LogP contribution < -0.4 is 4.74 Å². The van der Waals surface area contributed by atoms with Crippen molar-refractivity contribution >= 4 is 22.8 Å². The van der Waals surface area contributed by atoms with E-state index in [2.05, 4.69) is 16.5 Å². The molecule has 3 rings (SSSR count). The summed E-state index contributed by atoms with van der Waals surface area (Å²) in [5.74, 6) is 3.75. The Morgan fingerprint density at radius 3 is 2.86 bits per heavy atom. The number of fused-ring (bicyclic) bond motifs is 1. The zero-order valence-corrected chi connectivity index (χ0v) is 13.4. The molecule has 0 amide bonds. The van der Waals surface area contributed by atoms with Crippen LogP contribution in [0.5, 0.6) is 5.88 Å². The third kappa shape index (κ3) is 2.86. The molecule has 2 heterocycles. The Labute approximate surface area is 130 Å². The molecule has 0 aliphatic heterocycles. The van der Waals surface area contributed by atoms with Crippen LogP contribution in [0.1, 0.15) is 32.0 Å². The smallest absolute Gasteiger partial charge is 0.215 e. The van der Waals surface area contributed by atoms with Crippen molar-refractivity contribution in [1.82, 2.24) is 14.5 Å². The van der Waals surface area contributed by atoms with Crippen molar-refractivity contribution in [2.75, 3.05) is 13.0 Å². The molecule has 1 aliphatic carbocycles. The molecule has 2 aromatic heterocycles. The van der Waals surface area contributed by atoms with Crippen LogP contribution >= 0.6 is 11.6 Å². The number of hydrogen-bond acceptors (Lipinski definition) is 3. The number of ether oxygens (including phenoxy) is 1. The standard InChI is InChI=1S/C16H22ClN3O/c1-11-4-3-5-12(11)10-20-14(8-9-17)18-13-6-7-15(21-2)19-16(13)20/h6-7,11-12H,3-5,8-10H2,1-2H3. The SMILES string of the molecule is COc1ccc2nc(CCCl)n(CC3CCCC3C)c2n1. The fourth-order valence-electron chi connectivity index (χ4n) is 3.34. The number of aromatic nitrogens is 3. The predicted octanol–water partition coefficient (Wildman–Crippen LogP) is 3.66. The average molecular weight is 308 g/mol. The second kappa shape index (κ2) is 6.22. The highest BCUT2D eigenvalue weighted by Gasteiger charge is 2.25. The molecule has 0 N–H and O–H groups in total. The molecule has 0 saturated heterocycles. The number of nitrogens with zero attached hydrogens (tertiary/aromatic N) is 3. The van der Waals surface area contributed by atoms with Crippen LogP contribution in [0.2, 0.25) is 0 Å². The Hall–Kier alpha value is -1.29. The summed E-state index contributed by atoms with van der Waals surface area (Å²) < 4.78 is 7.52. The maximum atomic E-state index is 5.94. The van der Waals surface area contributed by atoms with Crippen LogP contribution in [-0.2, 0) is 13.0 Å². The Bertz CT molecular complexity index is 625. The summed E-state index contributed by atoms with van der Waals surface area (Å²) in [4.78, 5) is 9.30. The monoisotopic (exact) mass is 307 g/mol. The summed E-state index contributed by atoms with van der Waals surface area (Å²) in [5.41, 5.74) is 1.86. The number of pyridine rings is 1. The molecule has 0 bridgehead atoms. The third-order valence-electron chi connectivity index (χ3n) is 4.63. The van der Waals surface area contributed by atoms with E-state index in [0.717, 1.165) is 35.9 Å². The highest BCUT2D eigenvalue weighted by Crippen LogP contribution is 2.33. The number of alkyl halides is 1. The zero-order chi connectivity index (χ0) is 14.8. The van der Waals surface area contributed by atoms with Crippen molar-refractivity contribution in [2.24, 2.45) is 11.8 Å². The highest BCUT2D eigenvalue weighted by molar-refractivity contribution is 6.17. The molecule has 2 unspecified atom stereocenters. The third-order valence-corrected chi connectivity index (χ3v) is 4.82. The minimum absolute atomic E-state index is 0.584. The summed E-state index contributed by atoms with van der Waals surface area (Å²) in [6.07, 6.45) is 4.74. The number of methoxy groups -OCH3 is 1. The quantitative estimate of drug-likeness (QED) is 0.791. The van der Waals surface area contributed by atoms with Crippen molar-refractivity contribution in [3.63, 3.8) is 0 Å². The van der Waals surface area contributed by atoms with Crippen molar-refractivity contribution < 1.29 is 4.74 Å². The van der Waals surface area contributed by atoms with Gasteiger partial charge in [0.1, 0.15) is 11.3 Å². The highest BCUT2D eigenvalue weighted by atomic mass is 35.5. The second-order valence-corrected chi connectivity index (χ2v) is 6.32. The number of halogens is 1. The lowest BCUT2D eigenvalue weighted by atomic mass is 9.98. The first kappa shape index (κ1) is 14.6. The normalized spacial score (nSPS) is 22.0. The van der Waals surface area contributed by atoms with Gasteiger partial charge in [-0.2, -0.15) is 4.98 Å². The van der Waals surface area contributed by atoms with Crippen molar-refractivity contribution in [2.45, 2.75) is 39.2 Å². The van der Waals surface area contributed by atoms with Gasteiger partial charge >= 0.3 is 0 Å². The summed E-state index contributed by atoms with van der Waals surface area (Å²) >= 11 is 5.94. The van der Waals surface area contributed by atoms with Gasteiger partial charge in [-0.1, -0.05) is 19.8 Å². The van der Waals surface area contributed by atoms with Crippen LogP contribution in [0.15, 0.2) is 12.1 Å². The molecule has 21 heavy (non-hydrogen) atoms. The molecule has 1 aliphatic rings. The average Bonchev–Trinajstić information content (AvgIpc) is 3.04. The van der Waals surface area contributed by atoms with E-state index in [-0.39, 0.29) is 0 Å². The maximum absolute atomic E-state index is 5.94. The van der Waals surface area contributed by atoms with Gasteiger partial charge in [0.05, 0.1) is 7.11 Å². The molecular weight excluding hydrogens is 286 g/mol. The number of aryl methyl sites for hydroxylation is 1. The Morgan fingerprint density at radius 2 is 2.19 bits per heavy atom. The van der Waals surface area contributed by atoms with Gasteiger partial charge < -0.3 is 9.30 Å². The number of hydrogen-bond donors (Lipinski definition) is 0. The first-order valence-corrected chi connectivity index (χ1v) is 8.22. The van der Waals surface area contributed by atoms with E-state index in [9.17, 15) is 0 Å². The molecule has 0 radical (unpaired) electrons. The number of rotatable bonds is 5. The molecule has 114 valence electrons. The van der Waals surface area contributed by atoms with Crippen molar-refractivity contribution in [3.8, 4) is 5.88 Å². The molecule has 2 aromatic rings. The predicted molar refractivity (Wildman–Crippen MR) is 85.0 cm³/mol. The van der Waals surface area contributed by atoms with E-state index < -0.39 is 0 Å². The lowest BCUT2D eigenvalue weighted by Gasteiger charge is -2.18. The van der Waals surface area contributed by atoms with E-state index in [1.807, 2.05) is 12.1 Å². The summed E-state index contributed by atoms with van der Waals surface area (Å²) in [7, 11) is 1.65. The topological polar surface area (TPSA) is 39.9 Å². The minimum Gasteiger partial charge on any atom is -0.481 e. The van der Waals surface area contributed by atoms with E-state index in [4.69, 9.17) is 21.3 Å². The van der Waals surface area contributed by atoms with Gasteiger partial charge in [-0.25, -0.2) is 4.98 Å². The molecular formula is C16H22ClN3O. The van der Waals surface area contributed by atoms with Crippen molar-refractivity contribution in [1.29, 1.82) is 0 Å². The first-order chi connectivity index (χ1) is 10.2. The minimum atomic E-state index is 0.584. The first-order valence-electron chi connectivity index (χ1n) is 7.69. The molecule has 2 atom stereocenters. The molecule has 0 aromatic carbocycles. The fraction of sp³-hybridized carbons (Fsp3) is 0.625. The van der Waals surface area contributed by atoms with Gasteiger partial charge in [-0.15, -0.1) is 11.6 Å². The van der Waals surface area contributed by atoms with Gasteiger partial charge in [0.15, 0.2) is 5.65 Å². The van der Waals surface area contributed by atoms with Crippen LogP contribution in [0.25, 0.3) is 11.2 Å². The van der Waals surface area contributed by atoms with Gasteiger partial charge in [-0.05, 0) is 24.3 Å². The second-order valence-electron chi connectivity index (χ2n) is 5.94. The van der Waals surface area contributed by atoms with Gasteiger partial charge in [0, 0.05) is 24.9 Å². The summed E-state index contributed by atoms with van der Waals surface area (Å²) in [6.45, 7) is 3.34. The fourth-order valence-corrected chi connectivity index (χ4v) is 3.51. The number of imidazole rings is 1. The Morgan fingerprint density at radius 1 is 1.33 bits per heavy atom. The van der Waals surface area contributed by atoms with E-state index in [0.29, 0.717) is 17.7 Å². The van der Waals surface area contributed by atoms with E-state index in [1.54, 1.807) is 7.11 Å². The van der Waals surface area contributed by atoms with E-state index in [1.165, 1.54) is 19.3 Å². The molecule has 0 spiro atoms. The zero-order valence-electron chi connectivity index (χ0n) is 12.7. The van der Waals surface area contributed by atoms with Crippen LogP contribution in [0.3, 0.4) is 0 Å². The van der Waals surface area contributed by atoms with E-state index >= 15 is 0 Å². The maximum Gasteiger partial charge on any atom is 0.215 e. The molecule has 1 saturated carbocycles. The lowest BCUT2D eigenvalue weighted by molar-refractivity contribution is 0.361.